The summed E-state index contributed by atoms with van der Waals surface area (Å²) in [6.45, 7) is 3.14. The third-order valence-corrected chi connectivity index (χ3v) is 9.70. The Labute approximate surface area is 261 Å². The molecule has 1 aliphatic heterocycles. The predicted octanol–water partition coefficient (Wildman–Crippen LogP) is 5.95. The van der Waals surface area contributed by atoms with E-state index in [1.807, 2.05) is 53.9 Å². The van der Waals surface area contributed by atoms with Crippen molar-refractivity contribution in [3.05, 3.63) is 87.7 Å². The Morgan fingerprint density at radius 1 is 1.09 bits per heavy atom. The quantitative estimate of drug-likeness (QED) is 0.369. The monoisotopic (exact) mass is 613 g/mol. The summed E-state index contributed by atoms with van der Waals surface area (Å²) in [5.41, 5.74) is 6.59. The molecule has 2 aromatic heterocycles. The van der Waals surface area contributed by atoms with Crippen LogP contribution in [0.1, 0.15) is 79.6 Å². The molecule has 0 spiro atoms. The largest absolute Gasteiger partial charge is 0.443 e. The van der Waals surface area contributed by atoms with Gasteiger partial charge in [-0.2, -0.15) is 0 Å². The maximum Gasteiger partial charge on any atom is 0.410 e. The number of hydrogen-bond acceptors (Lipinski definition) is 6. The van der Waals surface area contributed by atoms with Crippen LogP contribution in [0.4, 0.5) is 4.79 Å². The van der Waals surface area contributed by atoms with E-state index in [9.17, 15) is 9.59 Å². The van der Waals surface area contributed by atoms with Crippen LogP contribution in [0, 0.1) is 0 Å². The van der Waals surface area contributed by atoms with Crippen LogP contribution in [0.5, 0.6) is 0 Å². The van der Waals surface area contributed by atoms with Crippen molar-refractivity contribution in [2.45, 2.75) is 62.7 Å². The van der Waals surface area contributed by atoms with E-state index in [4.69, 9.17) is 26.1 Å². The van der Waals surface area contributed by atoms with E-state index in [1.54, 1.807) is 19.6 Å². The van der Waals surface area contributed by atoms with Crippen LogP contribution < -0.4 is 5.32 Å². The molecule has 0 bridgehead atoms. The minimum Gasteiger partial charge on any atom is -0.443 e. The summed E-state index contributed by atoms with van der Waals surface area (Å²) in [6.07, 6.45) is 11.8. The number of nitrogens with zero attached hydrogens (tertiary/aromatic N) is 4. The third-order valence-electron chi connectivity index (χ3n) is 9.46. The number of carbonyl (C=O) groups excluding carboxylic acids is 2. The fourth-order valence-corrected chi connectivity index (χ4v) is 6.48. The van der Waals surface area contributed by atoms with Crippen LogP contribution in [-0.4, -0.2) is 62.8 Å². The maximum absolute atomic E-state index is 13.6. The molecule has 44 heavy (non-hydrogen) atoms. The average molecular weight is 614 g/mol. The number of aromatic nitrogens is 3. The summed E-state index contributed by atoms with van der Waals surface area (Å²) < 4.78 is 13.3. The lowest BCUT2D eigenvalue weighted by molar-refractivity contribution is -0.134. The van der Waals surface area contributed by atoms with E-state index in [-0.39, 0.29) is 17.6 Å². The van der Waals surface area contributed by atoms with Crippen LogP contribution in [-0.2, 0) is 21.3 Å². The van der Waals surface area contributed by atoms with Crippen LogP contribution >= 0.6 is 11.6 Å². The number of amides is 2. The van der Waals surface area contributed by atoms with Crippen LogP contribution in [0.15, 0.2) is 54.6 Å². The number of rotatable bonds is 6. The van der Waals surface area contributed by atoms with Gasteiger partial charge in [-0.3, -0.25) is 9.78 Å². The maximum atomic E-state index is 13.6. The Balaban J connectivity index is 1.33. The molecule has 2 saturated carbocycles. The number of methoxy groups -OCH3 is 1. The number of ether oxygens (including phenoxy) is 2. The third kappa shape index (κ3) is 5.22. The summed E-state index contributed by atoms with van der Waals surface area (Å²) >= 11 is 6.68. The summed E-state index contributed by atoms with van der Waals surface area (Å²) in [6, 6.07) is 9.37. The summed E-state index contributed by atoms with van der Waals surface area (Å²) in [5.74, 6) is -0.149. The van der Waals surface area contributed by atoms with Gasteiger partial charge in [-0.15, -0.1) is 0 Å². The minimum atomic E-state index is -0.808. The molecule has 3 aromatic rings. The van der Waals surface area contributed by atoms with Gasteiger partial charge in [0.2, 0.25) is 0 Å². The normalized spacial score (nSPS) is 20.1. The number of imidazole rings is 1. The van der Waals surface area contributed by atoms with E-state index < -0.39 is 11.6 Å². The van der Waals surface area contributed by atoms with E-state index in [0.29, 0.717) is 43.8 Å². The van der Waals surface area contributed by atoms with E-state index in [0.717, 1.165) is 52.1 Å². The molecular formula is C34H36ClN5O4. The smallest absolute Gasteiger partial charge is 0.410 e. The van der Waals surface area contributed by atoms with Gasteiger partial charge in [0.25, 0.3) is 5.91 Å². The van der Waals surface area contributed by atoms with Crippen molar-refractivity contribution < 1.29 is 19.1 Å². The highest BCUT2D eigenvalue weighted by molar-refractivity contribution is 6.31. The van der Waals surface area contributed by atoms with Gasteiger partial charge in [0.1, 0.15) is 11.2 Å². The van der Waals surface area contributed by atoms with Gasteiger partial charge in [0, 0.05) is 49.6 Å². The van der Waals surface area contributed by atoms with E-state index in [2.05, 4.69) is 22.4 Å². The molecule has 3 aliphatic carbocycles. The standard InChI is InChI=1S/C34H36ClN5O4/c1-33(10-11-33)44-32(42)40-15-8-21(9-16-40)28-24-7-6-23(35)18-25(24)26(17-22-5-4-14-37-29(22)28)30(27-19-36-20-39(27)2)38-31(41)34(43-3)12-13-34/h4-7,14,17-20,30H,8-13,15-16H2,1-3H3,(H,38,41). The Kier molecular flexibility index (Phi) is 7.13. The number of halogens is 1. The zero-order valence-corrected chi connectivity index (χ0v) is 26.0. The predicted molar refractivity (Wildman–Crippen MR) is 168 cm³/mol. The van der Waals surface area contributed by atoms with E-state index >= 15 is 0 Å². The highest BCUT2D eigenvalue weighted by Gasteiger charge is 2.51. The number of carbonyl (C=O) groups is 2. The molecule has 10 heteroatoms. The number of likely N-dealkylation sites (tertiary alicyclic amines) is 1. The second-order valence-corrected chi connectivity index (χ2v) is 13.0. The van der Waals surface area contributed by atoms with Crippen LogP contribution in [0.3, 0.4) is 0 Å². The first-order valence-corrected chi connectivity index (χ1v) is 15.6. The Bertz CT molecular complexity index is 1710. The molecule has 1 unspecified atom stereocenters. The number of hydrogen-bond donors (Lipinski definition) is 1. The lowest BCUT2D eigenvalue weighted by Crippen LogP contribution is -2.40. The van der Waals surface area contributed by atoms with Crippen LogP contribution in [0.2, 0.25) is 5.02 Å². The number of aryl methyl sites for hydroxylation is 1. The Morgan fingerprint density at radius 3 is 2.52 bits per heavy atom. The van der Waals surface area contributed by atoms with E-state index in [1.165, 1.54) is 5.57 Å². The summed E-state index contributed by atoms with van der Waals surface area (Å²) in [5, 5.41) is 3.90. The molecule has 0 radical (unpaired) electrons. The molecule has 2 amide bonds. The van der Waals surface area contributed by atoms with Crippen molar-refractivity contribution in [2.75, 3.05) is 20.2 Å². The molecular weight excluding hydrogens is 578 g/mol. The minimum absolute atomic E-state index is 0.149. The zero-order chi connectivity index (χ0) is 30.6. The molecule has 1 N–H and O–H groups in total. The molecule has 1 aromatic carbocycles. The van der Waals surface area contributed by atoms with Gasteiger partial charge in [-0.05, 0) is 86.4 Å². The lowest BCUT2D eigenvalue weighted by Gasteiger charge is -2.31. The number of piperidine rings is 1. The van der Waals surface area contributed by atoms with Gasteiger partial charge in [0.05, 0.1) is 30.0 Å². The molecule has 228 valence electrons. The molecule has 1 atom stereocenters. The first-order chi connectivity index (χ1) is 21.2. The molecule has 3 fully saturated rings. The van der Waals surface area contributed by atoms with Crippen LogP contribution in [0.25, 0.3) is 17.2 Å². The summed E-state index contributed by atoms with van der Waals surface area (Å²) in [4.78, 5) is 37.6. The molecule has 7 rings (SSSR count). The molecule has 4 aliphatic rings. The van der Waals surface area contributed by atoms with Gasteiger partial charge < -0.3 is 24.3 Å². The fraction of sp³-hybridized carbons (Fsp3) is 0.412. The first kappa shape index (κ1) is 28.8. The van der Waals surface area contributed by atoms with Gasteiger partial charge in [-0.25, -0.2) is 9.78 Å². The number of nitrogens with one attached hydrogen (secondary N) is 1. The van der Waals surface area contributed by atoms with Gasteiger partial charge in [0.15, 0.2) is 0 Å². The van der Waals surface area contributed by atoms with Crippen molar-refractivity contribution in [2.24, 2.45) is 7.05 Å². The Morgan fingerprint density at radius 2 is 1.86 bits per heavy atom. The second-order valence-electron chi connectivity index (χ2n) is 12.5. The molecule has 1 saturated heterocycles. The van der Waals surface area contributed by atoms with Crippen molar-refractivity contribution in [3.63, 3.8) is 0 Å². The molecule has 3 heterocycles. The van der Waals surface area contributed by atoms with Gasteiger partial charge in [-0.1, -0.05) is 29.3 Å². The second kappa shape index (κ2) is 10.9. The topological polar surface area (TPSA) is 98.6 Å². The summed E-state index contributed by atoms with van der Waals surface area (Å²) in [7, 11) is 3.51. The SMILES string of the molecule is COC1(C(=O)NC(C2=Cc3cccnc3C(=C3CCN(C(=O)OC4(C)CC4)CC3)c3ccc(Cl)cc32)c2cncn2C)CC1. The highest BCUT2D eigenvalue weighted by atomic mass is 35.5. The van der Waals surface area contributed by atoms with Crippen molar-refractivity contribution in [1.29, 1.82) is 0 Å². The van der Waals surface area contributed by atoms with Crippen molar-refractivity contribution in [3.8, 4) is 0 Å². The highest BCUT2D eigenvalue weighted by Crippen LogP contribution is 2.46. The lowest BCUT2D eigenvalue weighted by atomic mass is 9.86. The van der Waals surface area contributed by atoms with Crippen molar-refractivity contribution >= 4 is 40.8 Å². The fourth-order valence-electron chi connectivity index (χ4n) is 6.31. The average Bonchev–Trinajstić information content (AvgIpc) is 3.94. The zero-order valence-electron chi connectivity index (χ0n) is 25.2. The number of fused-ring (bicyclic) bond motifs is 2. The van der Waals surface area contributed by atoms with Crippen molar-refractivity contribution in [1.82, 2.24) is 24.8 Å². The first-order valence-electron chi connectivity index (χ1n) is 15.2. The molecule has 9 nitrogen and oxygen atoms in total. The van der Waals surface area contributed by atoms with Gasteiger partial charge >= 0.3 is 6.09 Å². The number of pyridine rings is 1. The number of benzene rings is 1. The Hall–Kier alpha value is -3.95.